The number of para-hydroxylation sites is 2. The van der Waals surface area contributed by atoms with Gasteiger partial charge in [-0.1, -0.05) is 42.5 Å². The van der Waals surface area contributed by atoms with Crippen LogP contribution in [0.5, 0.6) is 0 Å². The summed E-state index contributed by atoms with van der Waals surface area (Å²) in [5.74, 6) is -0.652. The third kappa shape index (κ3) is 6.85. The SMILES string of the molecule is CSc1cccc(NC(=O)NCC(=O)N(CC(=O)N(C)c2ccccc2)c2ccccc2)c1. The molecule has 2 N–H and O–H groups in total. The van der Waals surface area contributed by atoms with E-state index in [1.165, 1.54) is 9.80 Å². The Balaban J connectivity index is 1.65. The number of nitrogens with one attached hydrogen (secondary N) is 2. The van der Waals surface area contributed by atoms with Crippen LogP contribution in [0.3, 0.4) is 0 Å². The Bertz CT molecular complexity index is 1090. The first kappa shape index (κ1) is 23.9. The predicted octanol–water partition coefficient (Wildman–Crippen LogP) is 4.23. The van der Waals surface area contributed by atoms with Crippen LogP contribution < -0.4 is 20.4 Å². The fourth-order valence-electron chi connectivity index (χ4n) is 3.10. The number of carbonyl (C=O) groups is 3. The lowest BCUT2D eigenvalue weighted by Gasteiger charge is -2.25. The molecular formula is C25H26N4O3S. The highest BCUT2D eigenvalue weighted by Crippen LogP contribution is 2.19. The van der Waals surface area contributed by atoms with E-state index in [-0.39, 0.29) is 19.0 Å². The standard InChI is InChI=1S/C25H26N4O3S/c1-28(20-11-5-3-6-12-20)24(31)18-29(21-13-7-4-8-14-21)23(30)17-26-25(32)27-19-10-9-15-22(16-19)33-2/h3-16H,17-18H2,1-2H3,(H2,26,27,32). The van der Waals surface area contributed by atoms with Gasteiger partial charge in [-0.05, 0) is 48.7 Å². The van der Waals surface area contributed by atoms with Crippen LogP contribution in [0.15, 0.2) is 89.8 Å². The van der Waals surface area contributed by atoms with E-state index in [1.807, 2.05) is 60.9 Å². The monoisotopic (exact) mass is 462 g/mol. The number of amides is 4. The third-order valence-corrected chi connectivity index (χ3v) is 5.63. The molecule has 7 nitrogen and oxygen atoms in total. The van der Waals surface area contributed by atoms with Gasteiger partial charge in [0, 0.05) is 29.0 Å². The van der Waals surface area contributed by atoms with Gasteiger partial charge in [0.15, 0.2) is 0 Å². The van der Waals surface area contributed by atoms with Crippen LogP contribution in [0.1, 0.15) is 0 Å². The van der Waals surface area contributed by atoms with Crippen LogP contribution in [0.25, 0.3) is 0 Å². The second-order valence-corrected chi connectivity index (χ2v) is 8.02. The highest BCUT2D eigenvalue weighted by molar-refractivity contribution is 7.98. The largest absolute Gasteiger partial charge is 0.329 e. The quantitative estimate of drug-likeness (QED) is 0.491. The summed E-state index contributed by atoms with van der Waals surface area (Å²) in [6.07, 6.45) is 1.95. The summed E-state index contributed by atoms with van der Waals surface area (Å²) in [6.45, 7) is -0.418. The number of nitrogens with zero attached hydrogens (tertiary/aromatic N) is 2. The molecular weight excluding hydrogens is 436 g/mol. The lowest BCUT2D eigenvalue weighted by Crippen LogP contribution is -2.46. The summed E-state index contributed by atoms with van der Waals surface area (Å²) in [4.78, 5) is 42.1. The van der Waals surface area contributed by atoms with E-state index in [9.17, 15) is 14.4 Å². The lowest BCUT2D eigenvalue weighted by molar-refractivity contribution is -0.121. The summed E-state index contributed by atoms with van der Waals surface area (Å²) in [5.41, 5.74) is 1.94. The maximum absolute atomic E-state index is 13.0. The third-order valence-electron chi connectivity index (χ3n) is 4.91. The smallest absolute Gasteiger partial charge is 0.319 e. The van der Waals surface area contributed by atoms with E-state index in [1.54, 1.807) is 49.1 Å². The van der Waals surface area contributed by atoms with Gasteiger partial charge in [-0.3, -0.25) is 9.59 Å². The van der Waals surface area contributed by atoms with E-state index in [0.717, 1.165) is 10.6 Å². The second-order valence-electron chi connectivity index (χ2n) is 7.14. The van der Waals surface area contributed by atoms with E-state index < -0.39 is 11.9 Å². The number of thioether (sulfide) groups is 1. The van der Waals surface area contributed by atoms with Crippen molar-refractivity contribution in [1.29, 1.82) is 0 Å². The van der Waals surface area contributed by atoms with E-state index in [0.29, 0.717) is 11.4 Å². The first-order valence-electron chi connectivity index (χ1n) is 10.3. The summed E-state index contributed by atoms with van der Waals surface area (Å²) in [6, 6.07) is 25.0. The molecule has 0 unspecified atom stereocenters. The van der Waals surface area contributed by atoms with Gasteiger partial charge in [-0.25, -0.2) is 4.79 Å². The Morgan fingerprint density at radius 3 is 2.09 bits per heavy atom. The number of rotatable bonds is 8. The minimum absolute atomic E-state index is 0.159. The zero-order chi connectivity index (χ0) is 23.6. The molecule has 0 saturated heterocycles. The summed E-state index contributed by atoms with van der Waals surface area (Å²) in [7, 11) is 1.67. The van der Waals surface area contributed by atoms with Gasteiger partial charge in [-0.2, -0.15) is 0 Å². The van der Waals surface area contributed by atoms with Crippen LogP contribution in [0.2, 0.25) is 0 Å². The Morgan fingerprint density at radius 1 is 0.818 bits per heavy atom. The fourth-order valence-corrected chi connectivity index (χ4v) is 3.56. The number of urea groups is 1. The maximum atomic E-state index is 13.0. The summed E-state index contributed by atoms with van der Waals surface area (Å²) < 4.78 is 0. The Hall–Kier alpha value is -3.78. The van der Waals surface area contributed by atoms with Gasteiger partial charge in [0.05, 0.1) is 6.54 Å². The molecule has 3 rings (SSSR count). The molecule has 0 heterocycles. The molecule has 33 heavy (non-hydrogen) atoms. The van der Waals surface area contributed by atoms with Gasteiger partial charge < -0.3 is 20.4 Å². The van der Waals surface area contributed by atoms with Gasteiger partial charge >= 0.3 is 6.03 Å². The minimum Gasteiger partial charge on any atom is -0.329 e. The maximum Gasteiger partial charge on any atom is 0.319 e. The van der Waals surface area contributed by atoms with Gasteiger partial charge in [0.1, 0.15) is 6.54 Å². The molecule has 3 aromatic rings. The minimum atomic E-state index is -0.498. The van der Waals surface area contributed by atoms with E-state index in [2.05, 4.69) is 10.6 Å². The number of hydrogen-bond donors (Lipinski definition) is 2. The molecule has 0 atom stereocenters. The highest BCUT2D eigenvalue weighted by Gasteiger charge is 2.22. The number of likely N-dealkylation sites (N-methyl/N-ethyl adjacent to an activating group) is 1. The van der Waals surface area contributed by atoms with Crippen LogP contribution >= 0.6 is 11.8 Å². The molecule has 4 amide bonds. The van der Waals surface area contributed by atoms with Crippen molar-refractivity contribution in [3.63, 3.8) is 0 Å². The fraction of sp³-hybridized carbons (Fsp3) is 0.160. The first-order valence-corrected chi connectivity index (χ1v) is 11.6. The average Bonchev–Trinajstić information content (AvgIpc) is 2.86. The van der Waals surface area contributed by atoms with Crippen LogP contribution in [0, 0.1) is 0 Å². The number of benzene rings is 3. The van der Waals surface area contributed by atoms with Crippen molar-refractivity contribution in [2.24, 2.45) is 0 Å². The van der Waals surface area contributed by atoms with Crippen LogP contribution in [-0.4, -0.2) is 44.2 Å². The van der Waals surface area contributed by atoms with Gasteiger partial charge in [0.2, 0.25) is 11.8 Å². The predicted molar refractivity (Wildman–Crippen MR) is 134 cm³/mol. The van der Waals surface area contributed by atoms with E-state index >= 15 is 0 Å². The van der Waals surface area contributed by atoms with Crippen molar-refractivity contribution in [3.05, 3.63) is 84.9 Å². The van der Waals surface area contributed by atoms with E-state index in [4.69, 9.17) is 0 Å². The molecule has 170 valence electrons. The topological polar surface area (TPSA) is 81.8 Å². The molecule has 0 aromatic heterocycles. The van der Waals surface area contributed by atoms with Crippen molar-refractivity contribution in [1.82, 2.24) is 5.32 Å². The molecule has 8 heteroatoms. The van der Waals surface area contributed by atoms with Crippen molar-refractivity contribution >= 4 is 46.7 Å². The Morgan fingerprint density at radius 2 is 1.45 bits per heavy atom. The molecule has 0 aliphatic heterocycles. The Kier molecular flexibility index (Phi) is 8.49. The van der Waals surface area contributed by atoms with Crippen molar-refractivity contribution < 1.29 is 14.4 Å². The Labute approximate surface area is 197 Å². The zero-order valence-corrected chi connectivity index (χ0v) is 19.3. The van der Waals surface area contributed by atoms with Crippen molar-refractivity contribution in [3.8, 4) is 0 Å². The average molecular weight is 463 g/mol. The van der Waals surface area contributed by atoms with Crippen LogP contribution in [0.4, 0.5) is 21.9 Å². The molecule has 0 spiro atoms. The summed E-state index contributed by atoms with van der Waals surface area (Å²) in [5, 5.41) is 5.30. The van der Waals surface area contributed by atoms with Gasteiger partial charge in [0.25, 0.3) is 0 Å². The zero-order valence-electron chi connectivity index (χ0n) is 18.5. The molecule has 0 bridgehead atoms. The second kappa shape index (κ2) is 11.7. The number of carbonyl (C=O) groups excluding carboxylic acids is 3. The highest BCUT2D eigenvalue weighted by atomic mass is 32.2. The summed E-state index contributed by atoms with van der Waals surface area (Å²) >= 11 is 1.57. The van der Waals surface area contributed by atoms with Crippen molar-refractivity contribution in [2.75, 3.05) is 41.5 Å². The molecule has 0 aliphatic rings. The van der Waals surface area contributed by atoms with Crippen molar-refractivity contribution in [2.45, 2.75) is 4.90 Å². The number of anilines is 3. The molecule has 3 aromatic carbocycles. The van der Waals surface area contributed by atoms with Crippen LogP contribution in [-0.2, 0) is 9.59 Å². The molecule has 0 saturated carbocycles. The molecule has 0 aliphatic carbocycles. The molecule has 0 radical (unpaired) electrons. The first-order chi connectivity index (χ1) is 16.0. The lowest BCUT2D eigenvalue weighted by atomic mass is 10.2. The molecule has 0 fully saturated rings. The normalized spacial score (nSPS) is 10.2. The number of hydrogen-bond acceptors (Lipinski definition) is 4. The van der Waals surface area contributed by atoms with Gasteiger partial charge in [-0.15, -0.1) is 11.8 Å².